The van der Waals surface area contributed by atoms with Gasteiger partial charge in [-0.2, -0.15) is 0 Å². The van der Waals surface area contributed by atoms with Crippen molar-refractivity contribution in [3.63, 3.8) is 0 Å². The summed E-state index contributed by atoms with van der Waals surface area (Å²) in [6, 6.07) is 11.8. The maximum absolute atomic E-state index is 12.2. The minimum absolute atomic E-state index is 0.0537. The molecule has 0 radical (unpaired) electrons. The molecule has 0 saturated heterocycles. The summed E-state index contributed by atoms with van der Waals surface area (Å²) in [4.78, 5) is 12.2. The highest BCUT2D eigenvalue weighted by Gasteiger charge is 2.30. The Kier molecular flexibility index (Phi) is 2.36. The molecule has 1 unspecified atom stereocenters. The molecule has 0 aliphatic heterocycles. The van der Waals surface area contributed by atoms with Gasteiger partial charge in [0.2, 0.25) is 0 Å². The van der Waals surface area contributed by atoms with Crippen molar-refractivity contribution in [2.45, 2.75) is 19.8 Å². The number of ketones is 1. The first kappa shape index (κ1) is 10.3. The Morgan fingerprint density at radius 2 is 2.06 bits per heavy atom. The summed E-state index contributed by atoms with van der Waals surface area (Å²) >= 11 is 0. The number of furan rings is 1. The maximum atomic E-state index is 12.2. The number of Topliss-reactive ketones (excluding diaryl/α,β-unsaturated/α-hetero) is 1. The molecule has 1 aliphatic carbocycles. The SMILES string of the molecule is Cc1ccc(CC2Cc3ccccc3C2=O)o1. The van der Waals surface area contributed by atoms with Crippen molar-refractivity contribution < 1.29 is 9.21 Å². The summed E-state index contributed by atoms with van der Waals surface area (Å²) in [5, 5.41) is 0. The third-order valence-electron chi connectivity index (χ3n) is 3.36. The zero-order valence-corrected chi connectivity index (χ0v) is 9.77. The fourth-order valence-electron chi connectivity index (χ4n) is 2.52. The fourth-order valence-corrected chi connectivity index (χ4v) is 2.52. The molecule has 17 heavy (non-hydrogen) atoms. The first-order valence-corrected chi connectivity index (χ1v) is 5.91. The van der Waals surface area contributed by atoms with Crippen LogP contribution in [0.4, 0.5) is 0 Å². The Balaban J connectivity index is 1.82. The summed E-state index contributed by atoms with van der Waals surface area (Å²) in [7, 11) is 0. The number of aryl methyl sites for hydroxylation is 1. The normalized spacial score (nSPS) is 18.4. The van der Waals surface area contributed by atoms with Gasteiger partial charge in [-0.15, -0.1) is 0 Å². The monoisotopic (exact) mass is 226 g/mol. The lowest BCUT2D eigenvalue weighted by Gasteiger charge is -2.04. The van der Waals surface area contributed by atoms with Crippen LogP contribution in [0, 0.1) is 12.8 Å². The van der Waals surface area contributed by atoms with Crippen LogP contribution in [0.5, 0.6) is 0 Å². The summed E-state index contributed by atoms with van der Waals surface area (Å²) in [5.41, 5.74) is 2.06. The van der Waals surface area contributed by atoms with Gasteiger partial charge in [-0.25, -0.2) is 0 Å². The van der Waals surface area contributed by atoms with Gasteiger partial charge in [-0.05, 0) is 31.0 Å². The van der Waals surface area contributed by atoms with Crippen molar-refractivity contribution in [3.8, 4) is 0 Å². The molecule has 0 saturated carbocycles. The van der Waals surface area contributed by atoms with Gasteiger partial charge in [0.05, 0.1) is 0 Å². The molecule has 1 aliphatic rings. The van der Waals surface area contributed by atoms with E-state index in [2.05, 4.69) is 0 Å². The van der Waals surface area contributed by atoms with Gasteiger partial charge in [-0.3, -0.25) is 4.79 Å². The average molecular weight is 226 g/mol. The number of hydrogen-bond acceptors (Lipinski definition) is 2. The van der Waals surface area contributed by atoms with E-state index in [9.17, 15) is 4.79 Å². The van der Waals surface area contributed by atoms with E-state index in [0.29, 0.717) is 6.42 Å². The molecule has 2 nitrogen and oxygen atoms in total. The fraction of sp³-hybridized carbons (Fsp3) is 0.267. The number of rotatable bonds is 2. The Morgan fingerprint density at radius 3 is 2.76 bits per heavy atom. The van der Waals surface area contributed by atoms with Crippen molar-refractivity contribution in [2.24, 2.45) is 5.92 Å². The second-order valence-electron chi connectivity index (χ2n) is 4.64. The van der Waals surface area contributed by atoms with Crippen LogP contribution in [0.1, 0.15) is 27.4 Å². The molecule has 0 N–H and O–H groups in total. The molecule has 2 aromatic rings. The molecule has 0 spiro atoms. The molecule has 2 heteroatoms. The number of benzene rings is 1. The lowest BCUT2D eigenvalue weighted by atomic mass is 10.00. The zero-order valence-electron chi connectivity index (χ0n) is 9.77. The molecule has 3 rings (SSSR count). The summed E-state index contributed by atoms with van der Waals surface area (Å²) in [6.45, 7) is 1.93. The molecule has 1 aromatic heterocycles. The van der Waals surface area contributed by atoms with Gasteiger partial charge >= 0.3 is 0 Å². The molecule has 0 amide bonds. The van der Waals surface area contributed by atoms with Gasteiger partial charge < -0.3 is 4.42 Å². The second kappa shape index (κ2) is 3.88. The van der Waals surface area contributed by atoms with Crippen LogP contribution >= 0.6 is 0 Å². The van der Waals surface area contributed by atoms with E-state index >= 15 is 0 Å². The van der Waals surface area contributed by atoms with E-state index in [-0.39, 0.29) is 11.7 Å². The molecule has 1 heterocycles. The lowest BCUT2D eigenvalue weighted by molar-refractivity contribution is 0.0932. The van der Waals surface area contributed by atoms with E-state index in [1.807, 2.05) is 43.3 Å². The van der Waals surface area contributed by atoms with Crippen LogP contribution < -0.4 is 0 Å². The largest absolute Gasteiger partial charge is 0.466 e. The van der Waals surface area contributed by atoms with Gasteiger partial charge in [0, 0.05) is 17.9 Å². The molecule has 0 bridgehead atoms. The second-order valence-corrected chi connectivity index (χ2v) is 4.64. The number of fused-ring (bicyclic) bond motifs is 1. The van der Waals surface area contributed by atoms with Crippen molar-refractivity contribution in [1.29, 1.82) is 0 Å². The molecule has 1 atom stereocenters. The number of hydrogen-bond donors (Lipinski definition) is 0. The van der Waals surface area contributed by atoms with Gasteiger partial charge in [-0.1, -0.05) is 24.3 Å². The topological polar surface area (TPSA) is 30.2 Å². The highest BCUT2D eigenvalue weighted by Crippen LogP contribution is 2.29. The smallest absolute Gasteiger partial charge is 0.167 e. The first-order valence-electron chi connectivity index (χ1n) is 5.91. The predicted octanol–water partition coefficient (Wildman–Crippen LogP) is 3.19. The predicted molar refractivity (Wildman–Crippen MR) is 65.1 cm³/mol. The Labute approximate surface area is 100 Å². The third kappa shape index (κ3) is 1.80. The van der Waals surface area contributed by atoms with Gasteiger partial charge in [0.1, 0.15) is 11.5 Å². The highest BCUT2D eigenvalue weighted by atomic mass is 16.3. The lowest BCUT2D eigenvalue weighted by Crippen LogP contribution is -2.11. The summed E-state index contributed by atoms with van der Waals surface area (Å²) in [5.74, 6) is 2.13. The van der Waals surface area contributed by atoms with Crippen molar-refractivity contribution in [3.05, 3.63) is 59.0 Å². The van der Waals surface area contributed by atoms with Crippen molar-refractivity contribution >= 4 is 5.78 Å². The Bertz CT molecular complexity index is 566. The first-order chi connectivity index (χ1) is 8.24. The van der Waals surface area contributed by atoms with Gasteiger partial charge in [0.25, 0.3) is 0 Å². The van der Waals surface area contributed by atoms with E-state index in [1.165, 1.54) is 5.56 Å². The van der Waals surface area contributed by atoms with Crippen LogP contribution in [0.3, 0.4) is 0 Å². The average Bonchev–Trinajstić information content (AvgIpc) is 2.86. The van der Waals surface area contributed by atoms with Crippen molar-refractivity contribution in [1.82, 2.24) is 0 Å². The Morgan fingerprint density at radius 1 is 1.24 bits per heavy atom. The standard InChI is InChI=1S/C15H14O2/c1-10-6-7-13(17-10)9-12-8-11-4-2-3-5-14(11)15(12)16/h2-7,12H,8-9H2,1H3. The summed E-state index contributed by atoms with van der Waals surface area (Å²) in [6.07, 6.45) is 1.55. The molecular weight excluding hydrogens is 212 g/mol. The van der Waals surface area contributed by atoms with Crippen LogP contribution in [-0.4, -0.2) is 5.78 Å². The minimum Gasteiger partial charge on any atom is -0.466 e. The molecule has 0 fully saturated rings. The maximum Gasteiger partial charge on any atom is 0.167 e. The number of carbonyl (C=O) groups excluding carboxylic acids is 1. The van der Waals surface area contributed by atoms with Crippen molar-refractivity contribution in [2.75, 3.05) is 0 Å². The van der Waals surface area contributed by atoms with Crippen LogP contribution in [0.25, 0.3) is 0 Å². The highest BCUT2D eigenvalue weighted by molar-refractivity contribution is 6.02. The van der Waals surface area contributed by atoms with Crippen LogP contribution in [-0.2, 0) is 12.8 Å². The molecule has 1 aromatic carbocycles. The van der Waals surface area contributed by atoms with E-state index in [4.69, 9.17) is 4.42 Å². The van der Waals surface area contributed by atoms with E-state index in [1.54, 1.807) is 0 Å². The van der Waals surface area contributed by atoms with Gasteiger partial charge in [0.15, 0.2) is 5.78 Å². The quantitative estimate of drug-likeness (QED) is 0.787. The summed E-state index contributed by atoms with van der Waals surface area (Å²) < 4.78 is 5.54. The van der Waals surface area contributed by atoms with Crippen LogP contribution in [0.2, 0.25) is 0 Å². The van der Waals surface area contributed by atoms with Crippen LogP contribution in [0.15, 0.2) is 40.8 Å². The van der Waals surface area contributed by atoms with E-state index in [0.717, 1.165) is 23.5 Å². The molecule has 86 valence electrons. The van der Waals surface area contributed by atoms with E-state index < -0.39 is 0 Å². The Hall–Kier alpha value is -1.83. The number of carbonyl (C=O) groups is 1. The molecular formula is C15H14O2. The zero-order chi connectivity index (χ0) is 11.8. The minimum atomic E-state index is 0.0537. The third-order valence-corrected chi connectivity index (χ3v) is 3.36.